The van der Waals surface area contributed by atoms with Crippen molar-refractivity contribution in [3.05, 3.63) is 23.3 Å². The summed E-state index contributed by atoms with van der Waals surface area (Å²) in [5.41, 5.74) is 3.60. The second-order valence-electron chi connectivity index (χ2n) is 12.8. The van der Waals surface area contributed by atoms with Gasteiger partial charge in [-0.3, -0.25) is 4.79 Å². The minimum atomic E-state index is -0.279. The first-order valence-electron chi connectivity index (χ1n) is 13.0. The molecule has 0 saturated heterocycles. The second-order valence-corrected chi connectivity index (χ2v) is 12.8. The van der Waals surface area contributed by atoms with Gasteiger partial charge >= 0.3 is 0 Å². The molecule has 3 fully saturated rings. The number of hydrogen-bond donors (Lipinski definition) is 0. The van der Waals surface area contributed by atoms with Gasteiger partial charge < -0.3 is 0 Å². The van der Waals surface area contributed by atoms with Crippen LogP contribution in [0.15, 0.2) is 23.3 Å². The molecule has 0 radical (unpaired) electrons. The van der Waals surface area contributed by atoms with Gasteiger partial charge in [0.15, 0.2) is 0 Å². The predicted octanol–water partition coefficient (Wildman–Crippen LogP) is 8.15. The Morgan fingerprint density at radius 1 is 0.933 bits per heavy atom. The molecule has 0 aromatic rings. The van der Waals surface area contributed by atoms with E-state index in [1.54, 1.807) is 5.57 Å². The Kier molecular flexibility index (Phi) is 5.68. The zero-order valence-corrected chi connectivity index (χ0v) is 20.8. The highest BCUT2D eigenvalue weighted by molar-refractivity contribution is 5.89. The summed E-state index contributed by atoms with van der Waals surface area (Å²) >= 11 is 0. The summed E-state index contributed by atoms with van der Waals surface area (Å²) in [5, 5.41) is 0. The van der Waals surface area contributed by atoms with Crippen molar-refractivity contribution in [3.63, 3.8) is 0 Å². The van der Waals surface area contributed by atoms with E-state index in [2.05, 4.69) is 60.6 Å². The van der Waals surface area contributed by atoms with E-state index < -0.39 is 0 Å². The van der Waals surface area contributed by atoms with Crippen molar-refractivity contribution >= 4 is 5.78 Å². The van der Waals surface area contributed by atoms with Gasteiger partial charge in [0.1, 0.15) is 5.78 Å². The fourth-order valence-electron chi connectivity index (χ4n) is 8.56. The highest BCUT2D eigenvalue weighted by Crippen LogP contribution is 2.67. The predicted molar refractivity (Wildman–Crippen MR) is 127 cm³/mol. The van der Waals surface area contributed by atoms with Crippen LogP contribution >= 0.6 is 0 Å². The zero-order valence-electron chi connectivity index (χ0n) is 20.8. The molecule has 0 amide bonds. The highest BCUT2D eigenvalue weighted by Gasteiger charge is 2.59. The van der Waals surface area contributed by atoms with E-state index >= 15 is 0 Å². The van der Waals surface area contributed by atoms with Gasteiger partial charge in [0.05, 0.1) is 0 Å². The first-order valence-corrected chi connectivity index (χ1v) is 13.0. The lowest BCUT2D eigenvalue weighted by atomic mass is 9.47. The summed E-state index contributed by atoms with van der Waals surface area (Å²) in [6.45, 7) is 16.8. The Bertz CT molecular complexity index is 752. The van der Waals surface area contributed by atoms with Gasteiger partial charge in [-0.1, -0.05) is 77.2 Å². The first kappa shape index (κ1) is 22.3. The lowest BCUT2D eigenvalue weighted by Gasteiger charge is -2.57. The number of ketones is 1. The third-order valence-electron chi connectivity index (χ3n) is 10.4. The van der Waals surface area contributed by atoms with Crippen molar-refractivity contribution < 1.29 is 4.79 Å². The normalized spacial score (nSPS) is 40.9. The largest absolute Gasteiger partial charge is 0.299 e. The minimum absolute atomic E-state index is 0.198. The van der Waals surface area contributed by atoms with Gasteiger partial charge in [-0.05, 0) is 86.4 Å². The van der Waals surface area contributed by atoms with Crippen LogP contribution in [-0.2, 0) is 4.79 Å². The molecule has 0 aliphatic heterocycles. The van der Waals surface area contributed by atoms with E-state index in [0.29, 0.717) is 17.1 Å². The number of hydrogen-bond acceptors (Lipinski definition) is 1. The molecular formula is C29H46O. The monoisotopic (exact) mass is 410 g/mol. The Morgan fingerprint density at radius 3 is 2.37 bits per heavy atom. The molecule has 1 nitrogen and oxygen atoms in total. The van der Waals surface area contributed by atoms with Gasteiger partial charge in [0.25, 0.3) is 0 Å². The smallest absolute Gasteiger partial charge is 0.142 e. The SMILES string of the molecule is CC(C)CCC[C@@H](C)[C@H]1CC[C@H]2C3=CC=C4C(C)(C)C(=O)CC[C@]4(C)[C@H]3CC[C@]12C. The van der Waals surface area contributed by atoms with Crippen LogP contribution in [0.5, 0.6) is 0 Å². The standard InChI is InChI=1S/C29H46O/c1-19(2)9-8-10-20(3)22-12-13-23-21-11-14-25-27(4,5)26(30)16-18-29(25,7)24(21)15-17-28(22,23)6/h11,14,19-20,22-24H,8-10,12-13,15-18H2,1-7H3/t20-,22-,23+,24+,28-,29-/m1/s1. The van der Waals surface area contributed by atoms with Crippen LogP contribution in [0.1, 0.15) is 106 Å². The summed E-state index contributed by atoms with van der Waals surface area (Å²) in [5.74, 6) is 4.45. The van der Waals surface area contributed by atoms with E-state index in [9.17, 15) is 4.79 Å². The molecule has 0 heterocycles. The van der Waals surface area contributed by atoms with Gasteiger partial charge in [0.2, 0.25) is 0 Å². The molecular weight excluding hydrogens is 364 g/mol. The first-order chi connectivity index (χ1) is 14.0. The van der Waals surface area contributed by atoms with Gasteiger partial charge in [-0.15, -0.1) is 0 Å². The molecule has 3 saturated carbocycles. The van der Waals surface area contributed by atoms with Crippen molar-refractivity contribution in [2.24, 2.45) is 45.8 Å². The maximum Gasteiger partial charge on any atom is 0.142 e. The lowest BCUT2D eigenvalue weighted by Crippen LogP contribution is -2.50. The van der Waals surface area contributed by atoms with Gasteiger partial charge in [-0.2, -0.15) is 0 Å². The Balaban J connectivity index is 1.59. The van der Waals surface area contributed by atoms with Crippen molar-refractivity contribution in [3.8, 4) is 0 Å². The minimum Gasteiger partial charge on any atom is -0.299 e. The van der Waals surface area contributed by atoms with Gasteiger partial charge in [0, 0.05) is 11.8 Å². The number of Topliss-reactive ketones (excluding diaryl/α,β-unsaturated/α-hetero) is 1. The van der Waals surface area contributed by atoms with E-state index in [4.69, 9.17) is 0 Å². The van der Waals surface area contributed by atoms with E-state index in [0.717, 1.165) is 36.5 Å². The average molecular weight is 411 g/mol. The zero-order chi connectivity index (χ0) is 21.9. The topological polar surface area (TPSA) is 17.1 Å². The third kappa shape index (κ3) is 3.29. The van der Waals surface area contributed by atoms with Crippen LogP contribution in [-0.4, -0.2) is 5.78 Å². The molecule has 0 aromatic heterocycles. The van der Waals surface area contributed by atoms with Crippen LogP contribution < -0.4 is 0 Å². The van der Waals surface area contributed by atoms with Crippen LogP contribution in [0.4, 0.5) is 0 Å². The summed E-state index contributed by atoms with van der Waals surface area (Å²) in [6, 6.07) is 0. The fraction of sp³-hybridized carbons (Fsp3) is 0.828. The molecule has 0 bridgehead atoms. The van der Waals surface area contributed by atoms with Crippen LogP contribution in [0.25, 0.3) is 0 Å². The van der Waals surface area contributed by atoms with Crippen LogP contribution in [0.2, 0.25) is 0 Å². The number of carbonyl (C=O) groups excluding carboxylic acids is 1. The Labute approximate surface area is 186 Å². The van der Waals surface area contributed by atoms with Crippen molar-refractivity contribution in [1.29, 1.82) is 0 Å². The molecule has 1 heteroatoms. The molecule has 6 atom stereocenters. The molecule has 0 N–H and O–H groups in total. The molecule has 30 heavy (non-hydrogen) atoms. The molecule has 4 rings (SSSR count). The third-order valence-corrected chi connectivity index (χ3v) is 10.4. The number of allylic oxidation sites excluding steroid dienone is 4. The molecule has 168 valence electrons. The fourth-order valence-corrected chi connectivity index (χ4v) is 8.56. The Hall–Kier alpha value is -0.850. The van der Waals surface area contributed by atoms with E-state index in [1.807, 2.05) is 0 Å². The molecule has 4 aliphatic carbocycles. The Morgan fingerprint density at radius 2 is 1.67 bits per heavy atom. The maximum atomic E-state index is 12.7. The molecule has 0 unspecified atom stereocenters. The van der Waals surface area contributed by atoms with Crippen molar-refractivity contribution in [2.45, 2.75) is 106 Å². The van der Waals surface area contributed by atoms with Crippen molar-refractivity contribution in [1.82, 2.24) is 0 Å². The van der Waals surface area contributed by atoms with E-state index in [-0.39, 0.29) is 10.8 Å². The van der Waals surface area contributed by atoms with Crippen LogP contribution in [0.3, 0.4) is 0 Å². The molecule has 0 aromatic carbocycles. The quantitative estimate of drug-likeness (QED) is 0.447. The summed E-state index contributed by atoms with van der Waals surface area (Å²) in [7, 11) is 0. The maximum absolute atomic E-state index is 12.7. The van der Waals surface area contributed by atoms with E-state index in [1.165, 1.54) is 50.5 Å². The van der Waals surface area contributed by atoms with Crippen molar-refractivity contribution in [2.75, 3.05) is 0 Å². The summed E-state index contributed by atoms with van der Waals surface area (Å²) in [6.07, 6.45) is 16.4. The number of carbonyl (C=O) groups is 1. The lowest BCUT2D eigenvalue weighted by molar-refractivity contribution is -0.129. The number of rotatable bonds is 5. The highest BCUT2D eigenvalue weighted by atomic mass is 16.1. The second kappa shape index (κ2) is 7.63. The summed E-state index contributed by atoms with van der Waals surface area (Å²) < 4.78 is 0. The molecule has 0 spiro atoms. The van der Waals surface area contributed by atoms with Gasteiger partial charge in [-0.25, -0.2) is 0 Å². The number of fused-ring (bicyclic) bond motifs is 5. The van der Waals surface area contributed by atoms with Crippen LogP contribution in [0, 0.1) is 45.8 Å². The average Bonchev–Trinajstić information content (AvgIpc) is 3.02. The summed E-state index contributed by atoms with van der Waals surface area (Å²) in [4.78, 5) is 12.7. The molecule has 4 aliphatic rings.